The van der Waals surface area contributed by atoms with Crippen molar-refractivity contribution >= 4 is 29.8 Å². The maximum Gasteiger partial charge on any atom is 0.316 e. The molecule has 0 unspecified atom stereocenters. The highest BCUT2D eigenvalue weighted by atomic mass is 16.5. The molecular formula is C37H49N3O5. The average Bonchev–Trinajstić information content (AvgIpc) is 3.08. The largest absolute Gasteiger partial charge is 0.460 e. The van der Waals surface area contributed by atoms with Crippen molar-refractivity contribution in [2.75, 3.05) is 38.5 Å². The normalized spacial score (nSPS) is 21.9. The van der Waals surface area contributed by atoms with Crippen LogP contribution in [0.1, 0.15) is 98.5 Å². The van der Waals surface area contributed by atoms with E-state index in [-0.39, 0.29) is 23.9 Å². The maximum atomic E-state index is 13.9. The Labute approximate surface area is 267 Å². The van der Waals surface area contributed by atoms with Crippen molar-refractivity contribution in [2.24, 2.45) is 5.92 Å². The zero-order valence-electron chi connectivity index (χ0n) is 26.8. The van der Waals surface area contributed by atoms with Crippen molar-refractivity contribution in [1.82, 2.24) is 9.80 Å². The number of anilines is 1. The molecule has 0 radical (unpaired) electrons. The quantitative estimate of drug-likeness (QED) is 0.161. The topological polar surface area (TPSA) is 96.0 Å². The third kappa shape index (κ3) is 8.60. The molecule has 2 aromatic carbocycles. The fraction of sp³-hybridized carbons (Fsp3) is 0.568. The van der Waals surface area contributed by atoms with Crippen molar-refractivity contribution in [3.63, 3.8) is 0 Å². The van der Waals surface area contributed by atoms with Crippen LogP contribution in [0, 0.1) is 5.92 Å². The summed E-state index contributed by atoms with van der Waals surface area (Å²) < 4.78 is 6.33. The number of carbonyl (C=O) groups is 4. The number of benzene rings is 2. The zero-order chi connectivity index (χ0) is 31.6. The number of hydrogen-bond donors (Lipinski definition) is 1. The summed E-state index contributed by atoms with van der Waals surface area (Å²) in [6.45, 7) is 3.75. The molecular weight excluding hydrogens is 566 g/mol. The van der Waals surface area contributed by atoms with Crippen molar-refractivity contribution < 1.29 is 23.9 Å². The number of hydrogen-bond acceptors (Lipinski definition) is 6. The minimum absolute atomic E-state index is 0.0233. The Bertz CT molecular complexity index is 1310. The van der Waals surface area contributed by atoms with Gasteiger partial charge in [0.1, 0.15) is 12.4 Å². The molecule has 0 aromatic heterocycles. The van der Waals surface area contributed by atoms with Crippen LogP contribution in [0.4, 0.5) is 5.69 Å². The number of aldehydes is 1. The number of ether oxygens (including phenoxy) is 1. The number of aryl methyl sites for hydroxylation is 1. The van der Waals surface area contributed by atoms with Crippen LogP contribution in [-0.2, 0) is 31.0 Å². The van der Waals surface area contributed by atoms with Gasteiger partial charge in [-0.25, -0.2) is 0 Å². The Morgan fingerprint density at radius 3 is 2.42 bits per heavy atom. The molecule has 0 spiro atoms. The number of esters is 1. The summed E-state index contributed by atoms with van der Waals surface area (Å²) >= 11 is 0. The molecule has 2 aromatic rings. The predicted octanol–water partition coefficient (Wildman–Crippen LogP) is 5.93. The van der Waals surface area contributed by atoms with Crippen molar-refractivity contribution in [3.8, 4) is 0 Å². The number of carbonyl (C=O) groups excluding carboxylic acids is 4. The average molecular weight is 616 g/mol. The van der Waals surface area contributed by atoms with E-state index < -0.39 is 5.41 Å². The van der Waals surface area contributed by atoms with Crippen molar-refractivity contribution in [2.45, 2.75) is 95.0 Å². The molecule has 8 nitrogen and oxygen atoms in total. The van der Waals surface area contributed by atoms with E-state index in [9.17, 15) is 19.2 Å². The first-order valence-corrected chi connectivity index (χ1v) is 17.0. The highest BCUT2D eigenvalue weighted by Crippen LogP contribution is 2.42. The monoisotopic (exact) mass is 615 g/mol. The third-order valence-corrected chi connectivity index (χ3v) is 10.2. The van der Waals surface area contributed by atoms with E-state index in [1.54, 1.807) is 29.2 Å². The Kier molecular flexibility index (Phi) is 11.4. The van der Waals surface area contributed by atoms with Gasteiger partial charge in [0.2, 0.25) is 11.8 Å². The van der Waals surface area contributed by atoms with Gasteiger partial charge in [0.25, 0.3) is 0 Å². The van der Waals surface area contributed by atoms with Crippen molar-refractivity contribution in [1.29, 1.82) is 0 Å². The molecule has 2 bridgehead atoms. The number of fused-ring (bicyclic) bond motifs is 3. The van der Waals surface area contributed by atoms with Gasteiger partial charge in [0, 0.05) is 44.2 Å². The van der Waals surface area contributed by atoms with E-state index in [1.165, 1.54) is 0 Å². The van der Waals surface area contributed by atoms with Gasteiger partial charge in [-0.05, 0) is 106 Å². The van der Waals surface area contributed by atoms with E-state index in [4.69, 9.17) is 4.74 Å². The molecule has 1 aliphatic carbocycles. The van der Waals surface area contributed by atoms with Crippen LogP contribution in [0.15, 0.2) is 48.5 Å². The highest BCUT2D eigenvalue weighted by Gasteiger charge is 2.45. The van der Waals surface area contributed by atoms with Gasteiger partial charge in [-0.3, -0.25) is 24.1 Å². The fourth-order valence-electron chi connectivity index (χ4n) is 7.35. The first-order valence-electron chi connectivity index (χ1n) is 17.0. The summed E-state index contributed by atoms with van der Waals surface area (Å²) in [5.41, 5.74) is 2.92. The number of rotatable bonds is 14. The number of nitrogens with one attached hydrogen (secondary N) is 1. The van der Waals surface area contributed by atoms with Crippen molar-refractivity contribution in [3.05, 3.63) is 65.2 Å². The van der Waals surface area contributed by atoms with E-state index >= 15 is 0 Å². The van der Waals surface area contributed by atoms with E-state index in [0.717, 1.165) is 101 Å². The van der Waals surface area contributed by atoms with Gasteiger partial charge < -0.3 is 15.0 Å². The van der Waals surface area contributed by atoms with Crippen LogP contribution in [-0.4, -0.2) is 73.2 Å². The van der Waals surface area contributed by atoms with E-state index in [1.807, 2.05) is 7.05 Å². The van der Waals surface area contributed by atoms with Gasteiger partial charge in [-0.1, -0.05) is 43.5 Å². The van der Waals surface area contributed by atoms with Crippen LogP contribution in [0.5, 0.6) is 0 Å². The lowest BCUT2D eigenvalue weighted by Gasteiger charge is -2.45. The first-order chi connectivity index (χ1) is 21.9. The molecule has 8 heteroatoms. The summed E-state index contributed by atoms with van der Waals surface area (Å²) in [4.78, 5) is 53.9. The van der Waals surface area contributed by atoms with Crippen LogP contribution in [0.3, 0.4) is 0 Å². The molecule has 2 amide bonds. The number of unbranched alkanes of at least 4 members (excludes halogenated alkanes) is 1. The van der Waals surface area contributed by atoms with Gasteiger partial charge >= 0.3 is 5.97 Å². The van der Waals surface area contributed by atoms with Gasteiger partial charge in [0.15, 0.2) is 0 Å². The zero-order valence-corrected chi connectivity index (χ0v) is 26.8. The predicted molar refractivity (Wildman–Crippen MR) is 175 cm³/mol. The second-order valence-electron chi connectivity index (χ2n) is 13.3. The Morgan fingerprint density at radius 1 is 0.978 bits per heavy atom. The highest BCUT2D eigenvalue weighted by molar-refractivity contribution is 5.91. The molecule has 3 heterocycles. The summed E-state index contributed by atoms with van der Waals surface area (Å²) in [6.07, 6.45) is 11.8. The van der Waals surface area contributed by atoms with Gasteiger partial charge in [0.05, 0.1) is 5.41 Å². The SMILES string of the molecule is CN(CCCCC(=O)Nc1ccc(C=O)cc1)C(=O)CCCc1cccc(C2(C(=O)O[C@H]3CN4CCC3CC4)CCCCC2)c1. The minimum Gasteiger partial charge on any atom is -0.460 e. The molecule has 1 atom stereocenters. The number of piperidine rings is 3. The van der Waals surface area contributed by atoms with Crippen LogP contribution in [0.2, 0.25) is 0 Å². The molecule has 242 valence electrons. The number of amides is 2. The molecule has 4 aliphatic rings. The second-order valence-corrected chi connectivity index (χ2v) is 13.3. The summed E-state index contributed by atoms with van der Waals surface area (Å²) in [5.74, 6) is 0.504. The smallest absolute Gasteiger partial charge is 0.316 e. The lowest BCUT2D eigenvalue weighted by molar-refractivity contribution is -0.167. The summed E-state index contributed by atoms with van der Waals surface area (Å²) in [7, 11) is 1.82. The molecule has 1 N–H and O–H groups in total. The lowest BCUT2D eigenvalue weighted by Crippen LogP contribution is -2.53. The Hall–Kier alpha value is -3.52. The first kappa shape index (κ1) is 32.9. The molecule has 45 heavy (non-hydrogen) atoms. The maximum absolute atomic E-state index is 13.9. The summed E-state index contributed by atoms with van der Waals surface area (Å²) in [6, 6.07) is 15.2. The second kappa shape index (κ2) is 15.7. The fourth-order valence-corrected chi connectivity index (χ4v) is 7.35. The standard InChI is InChI=1S/C37H49N3O5/c1-39(22-6-3-12-34(42)38-32-16-14-29(27-41)15-17-32)35(43)13-8-10-28-9-7-11-31(25-28)37(20-4-2-5-21-37)36(44)45-33-26-40-23-18-30(33)19-24-40/h7,9,11,14-17,25,27,30,33H,2-6,8,10,12-13,18-24,26H2,1H3,(H,38,42)/t33-/m0/s1. The van der Waals surface area contributed by atoms with Crippen LogP contribution >= 0.6 is 0 Å². The van der Waals surface area contributed by atoms with Gasteiger partial charge in [-0.2, -0.15) is 0 Å². The number of nitrogens with zero attached hydrogens (tertiary/aromatic N) is 2. The summed E-state index contributed by atoms with van der Waals surface area (Å²) in [5, 5.41) is 2.84. The molecule has 3 aliphatic heterocycles. The third-order valence-electron chi connectivity index (χ3n) is 10.2. The Balaban J connectivity index is 1.06. The van der Waals surface area contributed by atoms with Crippen LogP contribution < -0.4 is 5.32 Å². The Morgan fingerprint density at radius 2 is 1.73 bits per heavy atom. The molecule has 3 saturated heterocycles. The van der Waals surface area contributed by atoms with E-state index in [2.05, 4.69) is 34.5 Å². The molecule has 4 fully saturated rings. The van der Waals surface area contributed by atoms with Gasteiger partial charge in [-0.15, -0.1) is 0 Å². The van der Waals surface area contributed by atoms with E-state index in [0.29, 0.717) is 43.0 Å². The lowest BCUT2D eigenvalue weighted by atomic mass is 9.69. The van der Waals surface area contributed by atoms with Crippen LogP contribution in [0.25, 0.3) is 0 Å². The minimum atomic E-state index is -0.561. The molecule has 6 rings (SSSR count). The molecule has 1 saturated carbocycles.